The maximum Gasteiger partial charge on any atom is 0.245 e. The lowest BCUT2D eigenvalue weighted by molar-refractivity contribution is -0.132. The summed E-state index contributed by atoms with van der Waals surface area (Å²) in [6.07, 6.45) is 3.04. The minimum absolute atomic E-state index is 0.0408. The third kappa shape index (κ3) is 4.21. The van der Waals surface area contributed by atoms with E-state index < -0.39 is 0 Å². The van der Waals surface area contributed by atoms with Gasteiger partial charge >= 0.3 is 0 Å². The Kier molecular flexibility index (Phi) is 4.32. The molecule has 0 spiro atoms. The highest BCUT2D eigenvalue weighted by molar-refractivity contribution is 5.88. The minimum Gasteiger partial charge on any atom is -0.351 e. The van der Waals surface area contributed by atoms with Crippen LogP contribution in [0.5, 0.6) is 0 Å². The second-order valence-electron chi connectivity index (χ2n) is 5.57. The van der Waals surface area contributed by atoms with Crippen LogP contribution in [0.3, 0.4) is 0 Å². The van der Waals surface area contributed by atoms with Crippen LogP contribution in [0.2, 0.25) is 0 Å². The van der Waals surface area contributed by atoms with E-state index in [2.05, 4.69) is 11.9 Å². The molecule has 1 fully saturated rings. The molecule has 1 saturated heterocycles. The fraction of sp³-hybridized carbons (Fsp3) is 0.692. The summed E-state index contributed by atoms with van der Waals surface area (Å²) in [5.41, 5.74) is -0.220. The molecule has 0 saturated carbocycles. The molecule has 0 aromatic heterocycles. The van der Waals surface area contributed by atoms with Crippen LogP contribution in [0.1, 0.15) is 33.6 Å². The SMILES string of the molecule is C=CC(=O)N1CCC[C@@H](C(=O)NC(C)(C)C)C1. The first-order valence-electron chi connectivity index (χ1n) is 6.07. The number of carbonyl (C=O) groups is 2. The Balaban J connectivity index is 2.57. The zero-order valence-corrected chi connectivity index (χ0v) is 11.0. The van der Waals surface area contributed by atoms with Crippen molar-refractivity contribution in [2.45, 2.75) is 39.2 Å². The lowest BCUT2D eigenvalue weighted by atomic mass is 9.95. The van der Waals surface area contributed by atoms with Crippen molar-refractivity contribution >= 4 is 11.8 Å². The van der Waals surface area contributed by atoms with Crippen LogP contribution in [0.25, 0.3) is 0 Å². The predicted molar refractivity (Wildman–Crippen MR) is 67.4 cm³/mol. The largest absolute Gasteiger partial charge is 0.351 e. The van der Waals surface area contributed by atoms with Crippen molar-refractivity contribution in [3.8, 4) is 0 Å². The van der Waals surface area contributed by atoms with E-state index in [4.69, 9.17) is 0 Å². The molecular weight excluding hydrogens is 216 g/mol. The summed E-state index contributed by atoms with van der Waals surface area (Å²) >= 11 is 0. The standard InChI is InChI=1S/C13H22N2O2/c1-5-11(16)15-8-6-7-10(9-15)12(17)14-13(2,3)4/h5,10H,1,6-9H2,2-4H3,(H,14,17)/t10-/m1/s1. The fourth-order valence-corrected chi connectivity index (χ4v) is 1.99. The first-order chi connectivity index (χ1) is 7.83. The lowest BCUT2D eigenvalue weighted by Gasteiger charge is -2.33. The number of likely N-dealkylation sites (tertiary alicyclic amines) is 1. The van der Waals surface area contributed by atoms with Gasteiger partial charge < -0.3 is 10.2 Å². The van der Waals surface area contributed by atoms with Gasteiger partial charge in [-0.2, -0.15) is 0 Å². The van der Waals surface area contributed by atoms with Gasteiger partial charge in [0.25, 0.3) is 0 Å². The normalized spacial score (nSPS) is 20.9. The van der Waals surface area contributed by atoms with E-state index in [1.54, 1.807) is 4.90 Å². The van der Waals surface area contributed by atoms with Gasteiger partial charge in [0.05, 0.1) is 5.92 Å². The summed E-state index contributed by atoms with van der Waals surface area (Å²) in [7, 11) is 0. The van der Waals surface area contributed by atoms with E-state index in [9.17, 15) is 9.59 Å². The van der Waals surface area contributed by atoms with Gasteiger partial charge in [0.2, 0.25) is 11.8 Å². The summed E-state index contributed by atoms with van der Waals surface area (Å²) in [6.45, 7) is 10.6. The molecule has 0 aromatic rings. The van der Waals surface area contributed by atoms with Crippen molar-refractivity contribution in [2.24, 2.45) is 5.92 Å². The van der Waals surface area contributed by atoms with Crippen LogP contribution in [-0.2, 0) is 9.59 Å². The Bertz CT molecular complexity index is 318. The third-order valence-corrected chi connectivity index (χ3v) is 2.78. The van der Waals surface area contributed by atoms with Crippen LogP contribution in [0.4, 0.5) is 0 Å². The molecule has 1 N–H and O–H groups in total. The summed E-state index contributed by atoms with van der Waals surface area (Å²) in [6, 6.07) is 0. The van der Waals surface area contributed by atoms with Crippen LogP contribution in [0.15, 0.2) is 12.7 Å². The van der Waals surface area contributed by atoms with Crippen molar-refractivity contribution in [3.63, 3.8) is 0 Å². The highest BCUT2D eigenvalue weighted by Crippen LogP contribution is 2.18. The highest BCUT2D eigenvalue weighted by Gasteiger charge is 2.29. The third-order valence-electron chi connectivity index (χ3n) is 2.78. The van der Waals surface area contributed by atoms with Gasteiger partial charge in [-0.05, 0) is 39.7 Å². The van der Waals surface area contributed by atoms with Gasteiger partial charge in [-0.25, -0.2) is 0 Å². The molecule has 1 heterocycles. The number of nitrogens with zero attached hydrogens (tertiary/aromatic N) is 1. The Morgan fingerprint density at radius 1 is 1.41 bits per heavy atom. The average Bonchev–Trinajstić information content (AvgIpc) is 2.26. The number of hydrogen-bond donors (Lipinski definition) is 1. The average molecular weight is 238 g/mol. The van der Waals surface area contributed by atoms with Gasteiger partial charge in [0.1, 0.15) is 0 Å². The van der Waals surface area contributed by atoms with E-state index in [0.29, 0.717) is 6.54 Å². The smallest absolute Gasteiger partial charge is 0.245 e. The number of amides is 2. The lowest BCUT2D eigenvalue weighted by Crippen LogP contribution is -2.49. The molecule has 0 aliphatic carbocycles. The summed E-state index contributed by atoms with van der Waals surface area (Å²) < 4.78 is 0. The predicted octanol–water partition coefficient (Wildman–Crippen LogP) is 1.33. The van der Waals surface area contributed by atoms with Crippen molar-refractivity contribution in [3.05, 3.63) is 12.7 Å². The van der Waals surface area contributed by atoms with E-state index >= 15 is 0 Å². The van der Waals surface area contributed by atoms with E-state index in [1.807, 2.05) is 20.8 Å². The summed E-state index contributed by atoms with van der Waals surface area (Å²) in [4.78, 5) is 25.2. The van der Waals surface area contributed by atoms with Crippen LogP contribution < -0.4 is 5.32 Å². The molecule has 1 aliphatic rings. The van der Waals surface area contributed by atoms with E-state index in [1.165, 1.54) is 6.08 Å². The molecule has 0 unspecified atom stereocenters. The highest BCUT2D eigenvalue weighted by atomic mass is 16.2. The molecule has 96 valence electrons. The molecule has 2 amide bonds. The number of carbonyl (C=O) groups excluding carboxylic acids is 2. The second-order valence-corrected chi connectivity index (χ2v) is 5.57. The molecule has 4 nitrogen and oxygen atoms in total. The minimum atomic E-state index is -0.220. The van der Waals surface area contributed by atoms with Crippen molar-refractivity contribution in [1.29, 1.82) is 0 Å². The van der Waals surface area contributed by atoms with Gasteiger partial charge in [-0.15, -0.1) is 0 Å². The second kappa shape index (κ2) is 5.34. The fourth-order valence-electron chi connectivity index (χ4n) is 1.99. The van der Waals surface area contributed by atoms with Crippen LogP contribution >= 0.6 is 0 Å². The Labute approximate surface area is 103 Å². The quantitative estimate of drug-likeness (QED) is 0.738. The molecular formula is C13H22N2O2. The van der Waals surface area contributed by atoms with Crippen molar-refractivity contribution in [2.75, 3.05) is 13.1 Å². The van der Waals surface area contributed by atoms with Gasteiger partial charge in [0.15, 0.2) is 0 Å². The molecule has 1 aliphatic heterocycles. The Morgan fingerprint density at radius 2 is 2.06 bits per heavy atom. The molecule has 17 heavy (non-hydrogen) atoms. The van der Waals surface area contributed by atoms with Gasteiger partial charge in [-0.1, -0.05) is 6.58 Å². The maximum absolute atomic E-state index is 12.0. The molecule has 0 bridgehead atoms. The zero-order valence-electron chi connectivity index (χ0n) is 11.0. The zero-order chi connectivity index (χ0) is 13.1. The molecule has 0 radical (unpaired) electrons. The summed E-state index contributed by atoms with van der Waals surface area (Å²) in [5.74, 6) is -0.135. The van der Waals surface area contributed by atoms with Gasteiger partial charge in [-0.3, -0.25) is 9.59 Å². The number of nitrogens with one attached hydrogen (secondary N) is 1. The van der Waals surface area contributed by atoms with E-state index in [0.717, 1.165) is 19.4 Å². The molecule has 1 atom stereocenters. The number of rotatable bonds is 2. The van der Waals surface area contributed by atoms with Crippen LogP contribution in [-0.4, -0.2) is 35.3 Å². The first-order valence-corrected chi connectivity index (χ1v) is 6.07. The van der Waals surface area contributed by atoms with Crippen LogP contribution in [0, 0.1) is 5.92 Å². The maximum atomic E-state index is 12.0. The Morgan fingerprint density at radius 3 is 2.59 bits per heavy atom. The van der Waals surface area contributed by atoms with E-state index in [-0.39, 0.29) is 23.3 Å². The monoisotopic (exact) mass is 238 g/mol. The Hall–Kier alpha value is -1.32. The topological polar surface area (TPSA) is 49.4 Å². The van der Waals surface area contributed by atoms with Gasteiger partial charge in [0, 0.05) is 18.6 Å². The molecule has 0 aromatic carbocycles. The first kappa shape index (κ1) is 13.7. The summed E-state index contributed by atoms with van der Waals surface area (Å²) in [5, 5.41) is 2.96. The number of piperidine rings is 1. The van der Waals surface area contributed by atoms with Crippen molar-refractivity contribution in [1.82, 2.24) is 10.2 Å². The number of hydrogen-bond acceptors (Lipinski definition) is 2. The molecule has 1 rings (SSSR count). The molecule has 4 heteroatoms. The van der Waals surface area contributed by atoms with Crippen molar-refractivity contribution < 1.29 is 9.59 Å².